The molecule has 0 aromatic rings. The minimum atomic E-state index is 0.323. The predicted molar refractivity (Wildman–Crippen MR) is 44.6 cm³/mol. The van der Waals surface area contributed by atoms with Crippen molar-refractivity contribution in [1.29, 1.82) is 0 Å². The first-order valence-corrected chi connectivity index (χ1v) is 4.36. The predicted octanol–water partition coefficient (Wildman–Crippen LogP) is 1.69. The summed E-state index contributed by atoms with van der Waals surface area (Å²) in [5.74, 6) is 1.42. The molecular weight excluding hydrogens is 140 g/mol. The molecule has 0 saturated carbocycles. The molecule has 0 spiro atoms. The quantitative estimate of drug-likeness (QED) is 0.609. The Hall–Kier alpha value is -0.0800. The van der Waals surface area contributed by atoms with Gasteiger partial charge in [0.05, 0.1) is 12.7 Å². The summed E-state index contributed by atoms with van der Waals surface area (Å²) in [6, 6.07) is 0. The highest BCUT2D eigenvalue weighted by Gasteiger charge is 2.27. The average Bonchev–Trinajstić information content (AvgIpc) is 1.99. The maximum absolute atomic E-state index is 5.58. The van der Waals surface area contributed by atoms with E-state index in [2.05, 4.69) is 13.8 Å². The SMILES string of the molecule is COC[C@H]1OCC[C@H](C)[C@@H]1C. The van der Waals surface area contributed by atoms with Crippen LogP contribution in [0.4, 0.5) is 0 Å². The molecule has 2 heteroatoms. The smallest absolute Gasteiger partial charge is 0.0836 e. The van der Waals surface area contributed by atoms with Gasteiger partial charge in [-0.15, -0.1) is 0 Å². The van der Waals surface area contributed by atoms with Crippen molar-refractivity contribution in [3.63, 3.8) is 0 Å². The molecule has 1 saturated heterocycles. The molecule has 1 aliphatic rings. The molecule has 66 valence electrons. The normalized spacial score (nSPS) is 39.0. The molecule has 1 rings (SSSR count). The van der Waals surface area contributed by atoms with Gasteiger partial charge in [0, 0.05) is 13.7 Å². The number of hydrogen-bond acceptors (Lipinski definition) is 2. The van der Waals surface area contributed by atoms with E-state index in [1.807, 2.05) is 0 Å². The third-order valence-electron chi connectivity index (χ3n) is 2.72. The Balaban J connectivity index is 2.38. The summed E-state index contributed by atoms with van der Waals surface area (Å²) in [5.41, 5.74) is 0. The van der Waals surface area contributed by atoms with Gasteiger partial charge in [-0.05, 0) is 18.3 Å². The molecule has 0 radical (unpaired) electrons. The van der Waals surface area contributed by atoms with E-state index in [1.165, 1.54) is 6.42 Å². The van der Waals surface area contributed by atoms with Crippen molar-refractivity contribution in [1.82, 2.24) is 0 Å². The second-order valence-corrected chi connectivity index (χ2v) is 3.49. The number of ether oxygens (including phenoxy) is 2. The zero-order valence-electron chi connectivity index (χ0n) is 7.67. The fourth-order valence-electron chi connectivity index (χ4n) is 1.55. The molecule has 0 unspecified atom stereocenters. The Morgan fingerprint density at radius 3 is 2.82 bits per heavy atom. The highest BCUT2D eigenvalue weighted by atomic mass is 16.5. The van der Waals surface area contributed by atoms with Gasteiger partial charge in [0.15, 0.2) is 0 Å². The average molecular weight is 158 g/mol. The van der Waals surface area contributed by atoms with Crippen LogP contribution in [0.2, 0.25) is 0 Å². The Morgan fingerprint density at radius 2 is 2.18 bits per heavy atom. The summed E-state index contributed by atoms with van der Waals surface area (Å²) in [7, 11) is 1.73. The fraction of sp³-hybridized carbons (Fsp3) is 1.00. The van der Waals surface area contributed by atoms with E-state index in [9.17, 15) is 0 Å². The van der Waals surface area contributed by atoms with E-state index in [0.717, 1.165) is 19.1 Å². The Morgan fingerprint density at radius 1 is 1.45 bits per heavy atom. The lowest BCUT2D eigenvalue weighted by Crippen LogP contribution is -2.36. The minimum Gasteiger partial charge on any atom is -0.382 e. The molecule has 2 nitrogen and oxygen atoms in total. The van der Waals surface area contributed by atoms with Gasteiger partial charge in [0.1, 0.15) is 0 Å². The van der Waals surface area contributed by atoms with Crippen molar-refractivity contribution in [3.8, 4) is 0 Å². The van der Waals surface area contributed by atoms with Gasteiger partial charge >= 0.3 is 0 Å². The van der Waals surface area contributed by atoms with E-state index < -0.39 is 0 Å². The highest BCUT2D eigenvalue weighted by molar-refractivity contribution is 4.75. The first kappa shape index (κ1) is 9.01. The fourth-order valence-corrected chi connectivity index (χ4v) is 1.55. The third kappa shape index (κ3) is 2.17. The summed E-state index contributed by atoms with van der Waals surface area (Å²) < 4.78 is 10.7. The molecule has 1 heterocycles. The van der Waals surface area contributed by atoms with Crippen molar-refractivity contribution in [3.05, 3.63) is 0 Å². The van der Waals surface area contributed by atoms with Crippen molar-refractivity contribution in [2.45, 2.75) is 26.4 Å². The second kappa shape index (κ2) is 4.07. The lowest BCUT2D eigenvalue weighted by atomic mass is 9.86. The minimum absolute atomic E-state index is 0.323. The van der Waals surface area contributed by atoms with E-state index in [0.29, 0.717) is 12.0 Å². The largest absolute Gasteiger partial charge is 0.382 e. The van der Waals surface area contributed by atoms with Crippen molar-refractivity contribution in [2.75, 3.05) is 20.3 Å². The molecule has 3 atom stereocenters. The van der Waals surface area contributed by atoms with Crippen LogP contribution in [0.25, 0.3) is 0 Å². The van der Waals surface area contributed by atoms with Crippen LogP contribution in [-0.2, 0) is 9.47 Å². The van der Waals surface area contributed by atoms with E-state index in [4.69, 9.17) is 9.47 Å². The highest BCUT2D eigenvalue weighted by Crippen LogP contribution is 2.26. The molecule has 1 aliphatic heterocycles. The van der Waals surface area contributed by atoms with Gasteiger partial charge in [-0.3, -0.25) is 0 Å². The van der Waals surface area contributed by atoms with Crippen molar-refractivity contribution in [2.24, 2.45) is 11.8 Å². The van der Waals surface area contributed by atoms with Crippen LogP contribution in [0.5, 0.6) is 0 Å². The van der Waals surface area contributed by atoms with Crippen LogP contribution >= 0.6 is 0 Å². The van der Waals surface area contributed by atoms with E-state index in [-0.39, 0.29) is 0 Å². The van der Waals surface area contributed by atoms with Gasteiger partial charge < -0.3 is 9.47 Å². The van der Waals surface area contributed by atoms with Crippen LogP contribution in [0.3, 0.4) is 0 Å². The molecule has 1 fully saturated rings. The molecule has 0 amide bonds. The number of methoxy groups -OCH3 is 1. The topological polar surface area (TPSA) is 18.5 Å². The van der Waals surface area contributed by atoms with Crippen molar-refractivity contribution >= 4 is 0 Å². The molecule has 0 aliphatic carbocycles. The van der Waals surface area contributed by atoms with Gasteiger partial charge in [0.2, 0.25) is 0 Å². The summed E-state index contributed by atoms with van der Waals surface area (Å²) in [5, 5.41) is 0. The number of hydrogen-bond donors (Lipinski definition) is 0. The van der Waals surface area contributed by atoms with Gasteiger partial charge in [-0.25, -0.2) is 0 Å². The summed E-state index contributed by atoms with van der Waals surface area (Å²) in [6.07, 6.45) is 1.52. The molecule has 0 aromatic heterocycles. The molecule has 0 N–H and O–H groups in total. The van der Waals surface area contributed by atoms with Crippen LogP contribution in [0, 0.1) is 11.8 Å². The number of rotatable bonds is 2. The van der Waals surface area contributed by atoms with Crippen molar-refractivity contribution < 1.29 is 9.47 Å². The monoisotopic (exact) mass is 158 g/mol. The van der Waals surface area contributed by atoms with Crippen LogP contribution < -0.4 is 0 Å². The Kier molecular flexibility index (Phi) is 3.34. The zero-order chi connectivity index (χ0) is 8.27. The maximum Gasteiger partial charge on any atom is 0.0836 e. The standard InChI is InChI=1S/C9H18O2/c1-7-4-5-11-9(6-10-3)8(7)2/h7-9H,4-6H2,1-3H3/t7-,8-,9+/m0/s1. The maximum atomic E-state index is 5.58. The summed E-state index contributed by atoms with van der Waals surface area (Å²) >= 11 is 0. The van der Waals surface area contributed by atoms with Crippen LogP contribution in [0.15, 0.2) is 0 Å². The molecule has 0 bridgehead atoms. The molecule has 11 heavy (non-hydrogen) atoms. The third-order valence-corrected chi connectivity index (χ3v) is 2.72. The van der Waals surface area contributed by atoms with Gasteiger partial charge in [0.25, 0.3) is 0 Å². The first-order chi connectivity index (χ1) is 5.25. The lowest BCUT2D eigenvalue weighted by Gasteiger charge is -2.33. The van der Waals surface area contributed by atoms with Gasteiger partial charge in [-0.2, -0.15) is 0 Å². The first-order valence-electron chi connectivity index (χ1n) is 4.36. The second-order valence-electron chi connectivity index (χ2n) is 3.49. The zero-order valence-corrected chi connectivity index (χ0v) is 7.67. The molecular formula is C9H18O2. The summed E-state index contributed by atoms with van der Waals surface area (Å²) in [4.78, 5) is 0. The Bertz CT molecular complexity index is 112. The van der Waals surface area contributed by atoms with Crippen LogP contribution in [0.1, 0.15) is 20.3 Å². The van der Waals surface area contributed by atoms with Crippen LogP contribution in [-0.4, -0.2) is 26.4 Å². The van der Waals surface area contributed by atoms with Gasteiger partial charge in [-0.1, -0.05) is 13.8 Å². The lowest BCUT2D eigenvalue weighted by molar-refractivity contribution is -0.0789. The Labute approximate surface area is 68.9 Å². The van der Waals surface area contributed by atoms with E-state index in [1.54, 1.807) is 7.11 Å². The summed E-state index contributed by atoms with van der Waals surface area (Å²) in [6.45, 7) is 6.18. The van der Waals surface area contributed by atoms with E-state index >= 15 is 0 Å². The molecule has 0 aromatic carbocycles.